The molecule has 1 aliphatic rings. The molecule has 1 aromatic carbocycles. The molecule has 0 fully saturated rings. The summed E-state index contributed by atoms with van der Waals surface area (Å²) in [5.74, 6) is -1.17. The summed E-state index contributed by atoms with van der Waals surface area (Å²) in [6.45, 7) is 0. The molecule has 1 heterocycles. The maximum atomic E-state index is 13.7. The van der Waals surface area contributed by atoms with Gasteiger partial charge in [-0.1, -0.05) is 17.7 Å². The summed E-state index contributed by atoms with van der Waals surface area (Å²) in [6.07, 6.45) is 0.481. The predicted octanol–water partition coefficient (Wildman–Crippen LogP) is 2.63. The molecule has 0 bridgehead atoms. The fourth-order valence-corrected chi connectivity index (χ4v) is 3.36. The van der Waals surface area contributed by atoms with Gasteiger partial charge in [0.15, 0.2) is 23.0 Å². The first-order chi connectivity index (χ1) is 10.4. The minimum absolute atomic E-state index is 0.0570. The normalized spacial score (nSPS) is 19.0. The van der Waals surface area contributed by atoms with Gasteiger partial charge >= 0.3 is 0 Å². The van der Waals surface area contributed by atoms with Crippen LogP contribution < -0.4 is 4.72 Å². The summed E-state index contributed by atoms with van der Waals surface area (Å²) in [6, 6.07) is 2.47. The molecule has 1 atom stereocenters. The molecule has 10 heteroatoms. The van der Waals surface area contributed by atoms with E-state index in [-0.39, 0.29) is 27.4 Å². The lowest BCUT2D eigenvalue weighted by Gasteiger charge is -2.15. The number of hydrogen-bond acceptors (Lipinski definition) is 5. The highest BCUT2D eigenvalue weighted by molar-refractivity contribution is 7.89. The van der Waals surface area contributed by atoms with Crippen molar-refractivity contribution in [3.8, 4) is 0 Å². The van der Waals surface area contributed by atoms with Crippen molar-refractivity contribution in [2.24, 2.45) is 0 Å². The van der Waals surface area contributed by atoms with Crippen LogP contribution in [0.1, 0.15) is 6.42 Å². The van der Waals surface area contributed by atoms with Crippen molar-refractivity contribution in [1.82, 2.24) is 15.0 Å². The van der Waals surface area contributed by atoms with Crippen LogP contribution in [0.2, 0.25) is 5.02 Å². The Morgan fingerprint density at radius 3 is 2.82 bits per heavy atom. The molecule has 1 unspecified atom stereocenters. The van der Waals surface area contributed by atoms with E-state index < -0.39 is 27.7 Å². The Morgan fingerprint density at radius 1 is 1.32 bits per heavy atom. The molecule has 0 spiro atoms. The molecule has 1 aromatic heterocycles. The molecular formula is C12H8ClF2N3O3S. The molecular weight excluding hydrogens is 340 g/mol. The molecule has 22 heavy (non-hydrogen) atoms. The summed E-state index contributed by atoms with van der Waals surface area (Å²) < 4.78 is 58.1. The Morgan fingerprint density at radius 2 is 2.05 bits per heavy atom. The van der Waals surface area contributed by atoms with Gasteiger partial charge in [0.2, 0.25) is 0 Å². The summed E-state index contributed by atoms with van der Waals surface area (Å²) >= 11 is 5.85. The van der Waals surface area contributed by atoms with Crippen molar-refractivity contribution in [1.29, 1.82) is 0 Å². The van der Waals surface area contributed by atoms with E-state index in [4.69, 9.17) is 11.6 Å². The van der Waals surface area contributed by atoms with Gasteiger partial charge in [-0.3, -0.25) is 4.72 Å². The third kappa shape index (κ3) is 2.46. The molecule has 0 aliphatic heterocycles. The zero-order valence-electron chi connectivity index (χ0n) is 10.8. The number of halogens is 3. The second-order valence-corrected chi connectivity index (χ2v) is 6.54. The highest BCUT2D eigenvalue weighted by atomic mass is 35.5. The average Bonchev–Trinajstić information content (AvgIpc) is 2.94. The Bertz CT molecular complexity index is 907. The number of allylic oxidation sites excluding steroid dienone is 3. The SMILES string of the molecule is O=S(=O)(NC1=C(F)C(F)CC=C1)c1ccc(Cl)c2nonc12. The van der Waals surface area contributed by atoms with E-state index in [9.17, 15) is 17.2 Å². The van der Waals surface area contributed by atoms with Crippen LogP contribution in [0.5, 0.6) is 0 Å². The van der Waals surface area contributed by atoms with Crippen molar-refractivity contribution < 1.29 is 21.8 Å². The highest BCUT2D eigenvalue weighted by Gasteiger charge is 2.26. The zero-order chi connectivity index (χ0) is 15.9. The van der Waals surface area contributed by atoms with Crippen molar-refractivity contribution in [3.05, 3.63) is 40.8 Å². The highest BCUT2D eigenvalue weighted by Crippen LogP contribution is 2.28. The standard InChI is InChI=1S/C12H8ClF2N3O3S/c13-6-4-5-9(12-11(6)16-21-17-12)22(19,20)18-8-3-1-2-7(14)10(8)15/h1,3-5,7,18H,2H2. The van der Waals surface area contributed by atoms with E-state index in [1.807, 2.05) is 4.72 Å². The van der Waals surface area contributed by atoms with Crippen LogP contribution in [-0.4, -0.2) is 24.9 Å². The molecule has 1 N–H and O–H groups in total. The maximum Gasteiger partial charge on any atom is 0.264 e. The first kappa shape index (κ1) is 14.9. The number of nitrogens with zero attached hydrogens (tertiary/aromatic N) is 2. The van der Waals surface area contributed by atoms with Crippen LogP contribution in [-0.2, 0) is 10.0 Å². The molecule has 6 nitrogen and oxygen atoms in total. The molecule has 0 radical (unpaired) electrons. The zero-order valence-corrected chi connectivity index (χ0v) is 12.3. The van der Waals surface area contributed by atoms with Gasteiger partial charge in [0.1, 0.15) is 4.90 Å². The van der Waals surface area contributed by atoms with E-state index in [2.05, 4.69) is 14.9 Å². The summed E-state index contributed by atoms with van der Waals surface area (Å²) in [7, 11) is -4.22. The monoisotopic (exact) mass is 347 g/mol. The Labute approximate surface area is 128 Å². The van der Waals surface area contributed by atoms with Gasteiger partial charge in [-0.15, -0.1) is 0 Å². The van der Waals surface area contributed by atoms with Gasteiger partial charge in [0, 0.05) is 6.42 Å². The number of aromatic nitrogens is 2. The molecule has 0 saturated heterocycles. The van der Waals surface area contributed by atoms with Crippen LogP contribution in [0.25, 0.3) is 11.0 Å². The number of benzene rings is 1. The van der Waals surface area contributed by atoms with Crippen molar-refractivity contribution >= 4 is 32.7 Å². The number of sulfonamides is 1. The van der Waals surface area contributed by atoms with Gasteiger partial charge in [0.25, 0.3) is 10.0 Å². The molecule has 3 rings (SSSR count). The van der Waals surface area contributed by atoms with E-state index >= 15 is 0 Å². The minimum atomic E-state index is -4.22. The predicted molar refractivity (Wildman–Crippen MR) is 73.9 cm³/mol. The molecule has 1 aliphatic carbocycles. The number of nitrogens with one attached hydrogen (secondary N) is 1. The van der Waals surface area contributed by atoms with Crippen molar-refractivity contribution in [3.63, 3.8) is 0 Å². The van der Waals surface area contributed by atoms with Crippen molar-refractivity contribution in [2.45, 2.75) is 17.5 Å². The molecule has 116 valence electrons. The Kier molecular flexibility index (Phi) is 3.61. The smallest absolute Gasteiger partial charge is 0.264 e. The van der Waals surface area contributed by atoms with Crippen molar-refractivity contribution in [2.75, 3.05) is 0 Å². The second kappa shape index (κ2) is 5.33. The number of fused-ring (bicyclic) bond motifs is 1. The first-order valence-electron chi connectivity index (χ1n) is 6.04. The maximum absolute atomic E-state index is 13.7. The Balaban J connectivity index is 2.06. The fraction of sp³-hybridized carbons (Fsp3) is 0.167. The number of hydrogen-bond donors (Lipinski definition) is 1. The van der Waals surface area contributed by atoms with Gasteiger partial charge in [-0.25, -0.2) is 21.8 Å². The average molecular weight is 348 g/mol. The third-order valence-electron chi connectivity index (χ3n) is 3.02. The first-order valence-corrected chi connectivity index (χ1v) is 7.90. The van der Waals surface area contributed by atoms with Crippen LogP contribution in [0.15, 0.2) is 45.3 Å². The largest absolute Gasteiger partial charge is 0.277 e. The number of rotatable bonds is 3. The lowest BCUT2D eigenvalue weighted by Crippen LogP contribution is -2.26. The lowest BCUT2D eigenvalue weighted by atomic mass is 10.1. The van der Waals surface area contributed by atoms with E-state index in [0.717, 1.165) is 6.08 Å². The van der Waals surface area contributed by atoms with Crippen LogP contribution >= 0.6 is 11.6 Å². The van der Waals surface area contributed by atoms with Crippen LogP contribution in [0.4, 0.5) is 8.78 Å². The van der Waals surface area contributed by atoms with Gasteiger partial charge in [0.05, 0.1) is 10.7 Å². The summed E-state index contributed by atoms with van der Waals surface area (Å²) in [5, 5.41) is 7.13. The molecule has 2 aromatic rings. The summed E-state index contributed by atoms with van der Waals surface area (Å²) in [5.41, 5.74) is -0.502. The van der Waals surface area contributed by atoms with Gasteiger partial charge in [-0.2, -0.15) is 0 Å². The minimum Gasteiger partial charge on any atom is -0.277 e. The number of alkyl halides is 1. The van der Waals surface area contributed by atoms with Crippen LogP contribution in [0, 0.1) is 0 Å². The second-order valence-electron chi connectivity index (χ2n) is 4.48. The van der Waals surface area contributed by atoms with Gasteiger partial charge in [-0.05, 0) is 28.5 Å². The molecule has 0 amide bonds. The summed E-state index contributed by atoms with van der Waals surface area (Å²) in [4.78, 5) is -0.303. The lowest BCUT2D eigenvalue weighted by molar-refractivity contribution is 0.315. The van der Waals surface area contributed by atoms with E-state index in [1.54, 1.807) is 0 Å². The van der Waals surface area contributed by atoms with E-state index in [0.29, 0.717) is 0 Å². The Hall–Kier alpha value is -2.00. The molecule has 0 saturated carbocycles. The van der Waals surface area contributed by atoms with E-state index in [1.165, 1.54) is 18.2 Å². The van der Waals surface area contributed by atoms with Gasteiger partial charge < -0.3 is 0 Å². The quantitative estimate of drug-likeness (QED) is 0.922. The topological polar surface area (TPSA) is 85.1 Å². The van der Waals surface area contributed by atoms with Crippen LogP contribution in [0.3, 0.4) is 0 Å². The fourth-order valence-electron chi connectivity index (χ4n) is 1.97. The third-order valence-corrected chi connectivity index (χ3v) is 4.72.